The number of aldehydes is 1. The van der Waals surface area contributed by atoms with Crippen LogP contribution in [0, 0.1) is 12.8 Å². The van der Waals surface area contributed by atoms with Gasteiger partial charge in [-0.05, 0) is 42.9 Å². The molecule has 0 amide bonds. The quantitative estimate of drug-likeness (QED) is 0.672. The van der Waals surface area contributed by atoms with Crippen molar-refractivity contribution in [2.24, 2.45) is 5.92 Å². The normalized spacial score (nSPS) is 11.2. The molecule has 0 aliphatic heterocycles. The predicted octanol–water partition coefficient (Wildman–Crippen LogP) is 4.26. The van der Waals surface area contributed by atoms with Crippen LogP contribution < -0.4 is 0 Å². The van der Waals surface area contributed by atoms with E-state index in [0.29, 0.717) is 5.92 Å². The van der Waals surface area contributed by atoms with E-state index in [9.17, 15) is 4.79 Å². The standard InChI is InChI=1S/C15H20O/c1-4-13(5-2)6-8-15-9-7-14(11-16)10-12(15)3/h6-11,13H,4-5H2,1-3H3/b8-6-. The van der Waals surface area contributed by atoms with Gasteiger partial charge in [0.25, 0.3) is 0 Å². The van der Waals surface area contributed by atoms with Crippen LogP contribution in [0.25, 0.3) is 6.08 Å². The van der Waals surface area contributed by atoms with Crippen LogP contribution >= 0.6 is 0 Å². The Hall–Kier alpha value is -1.37. The average Bonchev–Trinajstić information content (AvgIpc) is 2.32. The molecule has 0 aromatic heterocycles. The second kappa shape index (κ2) is 6.26. The fourth-order valence-electron chi connectivity index (χ4n) is 1.76. The molecular weight excluding hydrogens is 196 g/mol. The predicted molar refractivity (Wildman–Crippen MR) is 69.7 cm³/mol. The van der Waals surface area contributed by atoms with E-state index in [0.717, 1.165) is 17.4 Å². The van der Waals surface area contributed by atoms with E-state index in [1.807, 2.05) is 25.1 Å². The molecular formula is C15H20O. The highest BCUT2D eigenvalue weighted by Crippen LogP contribution is 2.15. The zero-order chi connectivity index (χ0) is 12.0. The molecule has 16 heavy (non-hydrogen) atoms. The molecule has 0 saturated carbocycles. The van der Waals surface area contributed by atoms with Gasteiger partial charge in [0, 0.05) is 5.56 Å². The van der Waals surface area contributed by atoms with Crippen molar-refractivity contribution in [1.29, 1.82) is 0 Å². The van der Waals surface area contributed by atoms with E-state index in [1.165, 1.54) is 18.4 Å². The molecule has 86 valence electrons. The Morgan fingerprint density at radius 3 is 2.44 bits per heavy atom. The molecule has 0 bridgehead atoms. The van der Waals surface area contributed by atoms with Gasteiger partial charge >= 0.3 is 0 Å². The van der Waals surface area contributed by atoms with Crippen molar-refractivity contribution in [1.82, 2.24) is 0 Å². The summed E-state index contributed by atoms with van der Waals surface area (Å²) >= 11 is 0. The first-order valence-corrected chi connectivity index (χ1v) is 5.95. The molecule has 1 heteroatoms. The Balaban J connectivity index is 2.85. The maximum atomic E-state index is 10.6. The van der Waals surface area contributed by atoms with E-state index in [1.54, 1.807) is 0 Å². The van der Waals surface area contributed by atoms with E-state index < -0.39 is 0 Å². The molecule has 0 fully saturated rings. The van der Waals surface area contributed by atoms with Crippen molar-refractivity contribution in [3.05, 3.63) is 41.0 Å². The molecule has 0 atom stereocenters. The molecule has 0 heterocycles. The monoisotopic (exact) mass is 216 g/mol. The van der Waals surface area contributed by atoms with Crippen LogP contribution in [-0.4, -0.2) is 6.29 Å². The summed E-state index contributed by atoms with van der Waals surface area (Å²) in [6.45, 7) is 6.46. The zero-order valence-corrected chi connectivity index (χ0v) is 10.4. The molecule has 1 nitrogen and oxygen atoms in total. The van der Waals surface area contributed by atoms with Gasteiger partial charge in [0.15, 0.2) is 0 Å². The molecule has 0 radical (unpaired) electrons. The SMILES string of the molecule is CCC(/C=C\c1ccc(C=O)cc1C)CC. The van der Waals surface area contributed by atoms with Crippen molar-refractivity contribution < 1.29 is 4.79 Å². The van der Waals surface area contributed by atoms with Crippen LogP contribution in [0.3, 0.4) is 0 Å². The van der Waals surface area contributed by atoms with Gasteiger partial charge in [-0.2, -0.15) is 0 Å². The van der Waals surface area contributed by atoms with E-state index in [-0.39, 0.29) is 0 Å². The first kappa shape index (κ1) is 12.7. The van der Waals surface area contributed by atoms with Crippen molar-refractivity contribution in [2.45, 2.75) is 33.6 Å². The second-order valence-electron chi connectivity index (χ2n) is 4.17. The minimum atomic E-state index is 0.658. The molecule has 0 aliphatic carbocycles. The van der Waals surface area contributed by atoms with Crippen LogP contribution in [0.4, 0.5) is 0 Å². The minimum Gasteiger partial charge on any atom is -0.298 e. The average molecular weight is 216 g/mol. The summed E-state index contributed by atoms with van der Waals surface area (Å²) in [5, 5.41) is 0. The highest BCUT2D eigenvalue weighted by Gasteiger charge is 1.99. The van der Waals surface area contributed by atoms with Gasteiger partial charge in [0.1, 0.15) is 6.29 Å². The molecule has 1 rings (SSSR count). The minimum absolute atomic E-state index is 0.658. The first-order chi connectivity index (χ1) is 7.71. The fraction of sp³-hybridized carbons (Fsp3) is 0.400. The first-order valence-electron chi connectivity index (χ1n) is 5.95. The van der Waals surface area contributed by atoms with Crippen LogP contribution in [0.1, 0.15) is 48.2 Å². The summed E-state index contributed by atoms with van der Waals surface area (Å²) in [6, 6.07) is 5.81. The zero-order valence-electron chi connectivity index (χ0n) is 10.4. The Kier molecular flexibility index (Phi) is 4.97. The Bertz CT molecular complexity index is 373. The van der Waals surface area contributed by atoms with Gasteiger partial charge in [0.2, 0.25) is 0 Å². The molecule has 0 N–H and O–H groups in total. The summed E-state index contributed by atoms with van der Waals surface area (Å²) in [5.41, 5.74) is 3.11. The molecule has 1 aromatic carbocycles. The van der Waals surface area contributed by atoms with E-state index in [4.69, 9.17) is 0 Å². The van der Waals surface area contributed by atoms with Crippen molar-refractivity contribution in [3.63, 3.8) is 0 Å². The number of aryl methyl sites for hydroxylation is 1. The molecule has 0 spiro atoms. The fourth-order valence-corrected chi connectivity index (χ4v) is 1.76. The smallest absolute Gasteiger partial charge is 0.150 e. The van der Waals surface area contributed by atoms with Gasteiger partial charge < -0.3 is 0 Å². The largest absolute Gasteiger partial charge is 0.298 e. The summed E-state index contributed by atoms with van der Waals surface area (Å²) in [6.07, 6.45) is 7.68. The molecule has 0 unspecified atom stereocenters. The summed E-state index contributed by atoms with van der Waals surface area (Å²) in [4.78, 5) is 10.6. The third-order valence-electron chi connectivity index (χ3n) is 3.03. The number of hydrogen-bond acceptors (Lipinski definition) is 1. The number of benzene rings is 1. The maximum absolute atomic E-state index is 10.6. The van der Waals surface area contributed by atoms with Crippen LogP contribution in [0.5, 0.6) is 0 Å². The van der Waals surface area contributed by atoms with Crippen LogP contribution in [0.15, 0.2) is 24.3 Å². The number of carbonyl (C=O) groups excluding carboxylic acids is 1. The van der Waals surface area contributed by atoms with E-state index in [2.05, 4.69) is 26.0 Å². The Morgan fingerprint density at radius 2 is 1.94 bits per heavy atom. The van der Waals surface area contributed by atoms with Gasteiger partial charge in [-0.3, -0.25) is 4.79 Å². The highest BCUT2D eigenvalue weighted by atomic mass is 16.1. The third-order valence-corrected chi connectivity index (χ3v) is 3.03. The molecule has 1 aromatic rings. The summed E-state index contributed by atoms with van der Waals surface area (Å²) in [7, 11) is 0. The number of hydrogen-bond donors (Lipinski definition) is 0. The number of allylic oxidation sites excluding steroid dienone is 1. The summed E-state index contributed by atoms with van der Waals surface area (Å²) in [5.74, 6) is 0.658. The number of rotatable bonds is 5. The molecule has 0 aliphatic rings. The van der Waals surface area contributed by atoms with Crippen LogP contribution in [0.2, 0.25) is 0 Å². The van der Waals surface area contributed by atoms with Gasteiger partial charge in [0.05, 0.1) is 0 Å². The lowest BCUT2D eigenvalue weighted by atomic mass is 9.99. The van der Waals surface area contributed by atoms with Gasteiger partial charge in [-0.15, -0.1) is 0 Å². The topological polar surface area (TPSA) is 17.1 Å². The Morgan fingerprint density at radius 1 is 1.25 bits per heavy atom. The van der Waals surface area contributed by atoms with Crippen LogP contribution in [-0.2, 0) is 0 Å². The van der Waals surface area contributed by atoms with Gasteiger partial charge in [-0.1, -0.05) is 38.1 Å². The maximum Gasteiger partial charge on any atom is 0.150 e. The second-order valence-corrected chi connectivity index (χ2v) is 4.17. The van der Waals surface area contributed by atoms with Gasteiger partial charge in [-0.25, -0.2) is 0 Å². The lowest BCUT2D eigenvalue weighted by Crippen LogP contribution is -1.91. The lowest BCUT2D eigenvalue weighted by molar-refractivity contribution is 0.112. The Labute approximate surface area is 98.2 Å². The van der Waals surface area contributed by atoms with Crippen molar-refractivity contribution in [2.75, 3.05) is 0 Å². The van der Waals surface area contributed by atoms with Crippen molar-refractivity contribution >= 4 is 12.4 Å². The third kappa shape index (κ3) is 3.34. The summed E-state index contributed by atoms with van der Waals surface area (Å²) < 4.78 is 0. The lowest BCUT2D eigenvalue weighted by Gasteiger charge is -2.06. The highest BCUT2D eigenvalue weighted by molar-refractivity contribution is 5.76. The van der Waals surface area contributed by atoms with E-state index >= 15 is 0 Å². The number of carbonyl (C=O) groups is 1. The molecule has 0 saturated heterocycles. The van der Waals surface area contributed by atoms with Crippen molar-refractivity contribution in [3.8, 4) is 0 Å².